The fourth-order valence-electron chi connectivity index (χ4n) is 3.53. The predicted molar refractivity (Wildman–Crippen MR) is 121 cm³/mol. The number of hydrogen-bond donors (Lipinski definition) is 1. The molecule has 4 rings (SSSR count). The zero-order valence-electron chi connectivity index (χ0n) is 17.2. The van der Waals surface area contributed by atoms with Gasteiger partial charge >= 0.3 is 0 Å². The maximum Gasteiger partial charge on any atom is 0.260 e. The van der Waals surface area contributed by atoms with Gasteiger partial charge in [0.1, 0.15) is 18.0 Å². The number of benzene rings is 3. The number of ether oxygens (including phenoxy) is 2. The van der Waals surface area contributed by atoms with Crippen LogP contribution < -0.4 is 20.3 Å². The van der Waals surface area contributed by atoms with Crippen molar-refractivity contribution in [2.75, 3.05) is 14.2 Å². The van der Waals surface area contributed by atoms with Crippen molar-refractivity contribution in [1.29, 1.82) is 0 Å². The summed E-state index contributed by atoms with van der Waals surface area (Å²) in [6.07, 6.45) is 1.51. The van der Waals surface area contributed by atoms with Crippen molar-refractivity contribution in [3.05, 3.63) is 82.5 Å². The zero-order valence-corrected chi connectivity index (χ0v) is 17.2. The summed E-state index contributed by atoms with van der Waals surface area (Å²) in [5.41, 5.74) is 4.59. The summed E-state index contributed by atoms with van der Waals surface area (Å²) in [5.74, 6) is 0.924. The normalized spacial score (nSPS) is 11.2. The minimum atomic E-state index is -0.317. The Labute approximate surface area is 178 Å². The molecular formula is C24H21N3O4. The van der Waals surface area contributed by atoms with E-state index in [9.17, 15) is 9.59 Å². The molecule has 4 aromatic rings. The van der Waals surface area contributed by atoms with Gasteiger partial charge in [-0.1, -0.05) is 24.3 Å². The van der Waals surface area contributed by atoms with Crippen molar-refractivity contribution in [1.82, 2.24) is 9.99 Å². The molecule has 1 amide bonds. The van der Waals surface area contributed by atoms with Gasteiger partial charge in [-0.05, 0) is 36.4 Å². The SMILES string of the molecule is COc1ccc(C=NNC(=O)Cn2c3ccccc3c(=O)c3ccccc32)c(OC)c1. The Balaban J connectivity index is 1.61. The fraction of sp³-hybridized carbons (Fsp3) is 0.125. The molecule has 156 valence electrons. The van der Waals surface area contributed by atoms with Gasteiger partial charge in [0.15, 0.2) is 5.43 Å². The average Bonchev–Trinajstić information content (AvgIpc) is 2.82. The Bertz CT molecular complexity index is 1300. The number of methoxy groups -OCH3 is 2. The van der Waals surface area contributed by atoms with Crippen molar-refractivity contribution in [2.24, 2.45) is 5.10 Å². The van der Waals surface area contributed by atoms with E-state index in [0.29, 0.717) is 38.9 Å². The fourth-order valence-corrected chi connectivity index (χ4v) is 3.53. The first kappa shape index (κ1) is 20.2. The highest BCUT2D eigenvalue weighted by Gasteiger charge is 2.12. The Morgan fingerprint density at radius 1 is 0.968 bits per heavy atom. The molecule has 0 bridgehead atoms. The highest BCUT2D eigenvalue weighted by molar-refractivity contribution is 5.95. The summed E-state index contributed by atoms with van der Waals surface area (Å²) in [4.78, 5) is 25.5. The third-order valence-electron chi connectivity index (χ3n) is 5.01. The summed E-state index contributed by atoms with van der Waals surface area (Å²) >= 11 is 0. The number of hydrogen-bond acceptors (Lipinski definition) is 5. The second-order valence-corrected chi connectivity index (χ2v) is 6.85. The monoisotopic (exact) mass is 415 g/mol. The summed E-state index contributed by atoms with van der Waals surface area (Å²) in [5, 5.41) is 5.20. The van der Waals surface area contributed by atoms with Crippen LogP contribution in [-0.4, -0.2) is 30.9 Å². The van der Waals surface area contributed by atoms with Gasteiger partial charge in [-0.15, -0.1) is 0 Å². The standard InChI is InChI=1S/C24H21N3O4/c1-30-17-12-11-16(22(13-17)31-2)14-25-26-23(28)15-27-20-9-5-3-7-18(20)24(29)19-8-4-6-10-21(19)27/h3-14H,15H2,1-2H3,(H,26,28). The van der Waals surface area contributed by atoms with Gasteiger partial charge in [0.05, 0.1) is 31.5 Å². The molecule has 0 atom stereocenters. The van der Waals surface area contributed by atoms with Gasteiger partial charge in [-0.25, -0.2) is 5.43 Å². The van der Waals surface area contributed by atoms with Gasteiger partial charge in [-0.2, -0.15) is 5.10 Å². The molecule has 0 aliphatic heterocycles. The molecule has 1 N–H and O–H groups in total. The number of carbonyl (C=O) groups is 1. The minimum Gasteiger partial charge on any atom is -0.497 e. The minimum absolute atomic E-state index is 0.0123. The van der Waals surface area contributed by atoms with Crippen molar-refractivity contribution >= 4 is 33.9 Å². The molecule has 0 unspecified atom stereocenters. The van der Waals surface area contributed by atoms with Crippen LogP contribution in [0.1, 0.15) is 5.56 Å². The Kier molecular flexibility index (Phi) is 5.66. The maximum atomic E-state index is 12.8. The lowest BCUT2D eigenvalue weighted by Crippen LogP contribution is -2.25. The molecule has 0 saturated heterocycles. The number of nitrogens with one attached hydrogen (secondary N) is 1. The average molecular weight is 415 g/mol. The van der Waals surface area contributed by atoms with E-state index in [1.807, 2.05) is 41.0 Å². The van der Waals surface area contributed by atoms with E-state index in [2.05, 4.69) is 10.5 Å². The van der Waals surface area contributed by atoms with Crippen LogP contribution in [0.3, 0.4) is 0 Å². The summed E-state index contributed by atoms with van der Waals surface area (Å²) in [6.45, 7) is 0.0123. The second-order valence-electron chi connectivity index (χ2n) is 6.85. The molecule has 0 spiro atoms. The predicted octanol–water partition coefficient (Wildman–Crippen LogP) is 3.32. The largest absolute Gasteiger partial charge is 0.497 e. The molecule has 7 nitrogen and oxygen atoms in total. The van der Waals surface area contributed by atoms with Gasteiger partial charge in [0, 0.05) is 22.4 Å². The van der Waals surface area contributed by atoms with Crippen molar-refractivity contribution in [3.8, 4) is 11.5 Å². The van der Waals surface area contributed by atoms with E-state index in [0.717, 1.165) is 0 Å². The third kappa shape index (κ3) is 3.98. The lowest BCUT2D eigenvalue weighted by Gasteiger charge is -2.14. The van der Waals surface area contributed by atoms with E-state index in [4.69, 9.17) is 9.47 Å². The summed E-state index contributed by atoms with van der Waals surface area (Å²) in [6, 6.07) is 19.8. The number of nitrogens with zero attached hydrogens (tertiary/aromatic N) is 2. The van der Waals surface area contributed by atoms with Crippen LogP contribution in [0.15, 0.2) is 76.6 Å². The summed E-state index contributed by atoms with van der Waals surface area (Å²) < 4.78 is 12.3. The number of amides is 1. The molecule has 0 aliphatic carbocycles. The van der Waals surface area contributed by atoms with E-state index < -0.39 is 0 Å². The van der Waals surface area contributed by atoms with E-state index in [1.54, 1.807) is 44.6 Å². The molecule has 0 saturated carbocycles. The molecule has 1 heterocycles. The molecule has 0 radical (unpaired) electrons. The number of carbonyl (C=O) groups excluding carboxylic acids is 1. The van der Waals surface area contributed by atoms with Gasteiger partial charge < -0.3 is 14.0 Å². The zero-order chi connectivity index (χ0) is 21.8. The van der Waals surface area contributed by atoms with Crippen LogP contribution in [0.4, 0.5) is 0 Å². The summed E-state index contributed by atoms with van der Waals surface area (Å²) in [7, 11) is 3.13. The van der Waals surface area contributed by atoms with Crippen molar-refractivity contribution < 1.29 is 14.3 Å². The lowest BCUT2D eigenvalue weighted by atomic mass is 10.1. The van der Waals surface area contributed by atoms with Crippen LogP contribution >= 0.6 is 0 Å². The quantitative estimate of drug-likeness (QED) is 0.298. The Morgan fingerprint density at radius 3 is 2.23 bits per heavy atom. The number of pyridine rings is 1. The highest BCUT2D eigenvalue weighted by atomic mass is 16.5. The van der Waals surface area contributed by atoms with Crippen LogP contribution in [0.5, 0.6) is 11.5 Å². The molecule has 0 fully saturated rings. The molecule has 1 aromatic heterocycles. The van der Waals surface area contributed by atoms with Crippen molar-refractivity contribution in [2.45, 2.75) is 6.54 Å². The smallest absolute Gasteiger partial charge is 0.260 e. The molecule has 7 heteroatoms. The third-order valence-corrected chi connectivity index (χ3v) is 5.01. The van der Waals surface area contributed by atoms with Gasteiger partial charge in [0.25, 0.3) is 5.91 Å². The van der Waals surface area contributed by atoms with Crippen LogP contribution in [0.2, 0.25) is 0 Å². The number of fused-ring (bicyclic) bond motifs is 2. The van der Waals surface area contributed by atoms with Crippen molar-refractivity contribution in [3.63, 3.8) is 0 Å². The Hall–Kier alpha value is -4.13. The molecular weight excluding hydrogens is 394 g/mol. The number of para-hydroxylation sites is 2. The van der Waals surface area contributed by atoms with E-state index >= 15 is 0 Å². The molecule has 0 aliphatic rings. The number of rotatable bonds is 6. The lowest BCUT2D eigenvalue weighted by molar-refractivity contribution is -0.121. The van der Waals surface area contributed by atoms with Crippen LogP contribution in [0, 0.1) is 0 Å². The van der Waals surface area contributed by atoms with Crippen LogP contribution in [-0.2, 0) is 11.3 Å². The first-order valence-electron chi connectivity index (χ1n) is 9.66. The molecule has 31 heavy (non-hydrogen) atoms. The number of aromatic nitrogens is 1. The maximum absolute atomic E-state index is 12.8. The topological polar surface area (TPSA) is 81.9 Å². The Morgan fingerprint density at radius 2 is 1.61 bits per heavy atom. The van der Waals surface area contributed by atoms with Crippen LogP contribution in [0.25, 0.3) is 21.8 Å². The molecule has 3 aromatic carbocycles. The second kappa shape index (κ2) is 8.71. The van der Waals surface area contributed by atoms with Gasteiger partial charge in [0.2, 0.25) is 0 Å². The number of hydrazone groups is 1. The van der Waals surface area contributed by atoms with E-state index in [1.165, 1.54) is 6.21 Å². The highest BCUT2D eigenvalue weighted by Crippen LogP contribution is 2.23. The first-order chi connectivity index (χ1) is 15.1. The van der Waals surface area contributed by atoms with E-state index in [-0.39, 0.29) is 17.9 Å². The van der Waals surface area contributed by atoms with Gasteiger partial charge in [-0.3, -0.25) is 9.59 Å². The first-order valence-corrected chi connectivity index (χ1v) is 9.66.